The van der Waals surface area contributed by atoms with Gasteiger partial charge in [0.05, 0.1) is 5.75 Å². The molecule has 2 aromatic rings. The average molecular weight is 369 g/mol. The van der Waals surface area contributed by atoms with Crippen molar-refractivity contribution < 1.29 is 9.59 Å². The Kier molecular flexibility index (Phi) is 6.34. The third kappa shape index (κ3) is 5.11. The van der Waals surface area contributed by atoms with Gasteiger partial charge in [-0.15, -0.1) is 11.8 Å². The maximum absolute atomic E-state index is 12.2. The molecule has 0 bridgehead atoms. The van der Waals surface area contributed by atoms with Crippen molar-refractivity contribution in [2.45, 2.75) is 31.9 Å². The Morgan fingerprint density at radius 3 is 2.81 bits per heavy atom. The Balaban J connectivity index is 1.52. The first-order valence-electron chi connectivity index (χ1n) is 8.95. The molecule has 1 heterocycles. The van der Waals surface area contributed by atoms with Crippen LogP contribution >= 0.6 is 11.8 Å². The van der Waals surface area contributed by atoms with E-state index in [2.05, 4.69) is 30.4 Å². The summed E-state index contributed by atoms with van der Waals surface area (Å²) in [6, 6.07) is 15.9. The van der Waals surface area contributed by atoms with Crippen molar-refractivity contribution in [1.29, 1.82) is 0 Å². The van der Waals surface area contributed by atoms with Crippen LogP contribution in [0.15, 0.2) is 48.5 Å². The largest absolute Gasteiger partial charge is 0.325 e. The van der Waals surface area contributed by atoms with Gasteiger partial charge in [0.1, 0.15) is 0 Å². The van der Waals surface area contributed by atoms with E-state index < -0.39 is 0 Å². The number of hydrogen-bond acceptors (Lipinski definition) is 3. The van der Waals surface area contributed by atoms with Crippen LogP contribution in [0.4, 0.5) is 11.4 Å². The molecule has 0 atom stereocenters. The zero-order valence-corrected chi connectivity index (χ0v) is 15.8. The van der Waals surface area contributed by atoms with Crippen LogP contribution in [0.1, 0.15) is 30.4 Å². The molecule has 5 heteroatoms. The van der Waals surface area contributed by atoms with Crippen LogP contribution in [-0.4, -0.2) is 24.1 Å². The summed E-state index contributed by atoms with van der Waals surface area (Å²) < 4.78 is 0. The second-order valence-corrected chi connectivity index (χ2v) is 7.57. The van der Waals surface area contributed by atoms with Gasteiger partial charge in [0.25, 0.3) is 0 Å². The van der Waals surface area contributed by atoms with Crippen LogP contribution in [0.5, 0.6) is 0 Å². The molecule has 1 fully saturated rings. The summed E-state index contributed by atoms with van der Waals surface area (Å²) >= 11 is 1.60. The Morgan fingerprint density at radius 1 is 1.15 bits per heavy atom. The number of anilines is 2. The van der Waals surface area contributed by atoms with E-state index in [9.17, 15) is 9.59 Å². The van der Waals surface area contributed by atoms with Gasteiger partial charge in [-0.25, -0.2) is 0 Å². The Labute approximate surface area is 159 Å². The maximum Gasteiger partial charge on any atom is 0.234 e. The lowest BCUT2D eigenvalue weighted by Gasteiger charge is -2.27. The number of hydrogen-bond donors (Lipinski definition) is 1. The van der Waals surface area contributed by atoms with Gasteiger partial charge < -0.3 is 10.2 Å². The molecule has 0 spiro atoms. The van der Waals surface area contributed by atoms with E-state index in [4.69, 9.17) is 0 Å². The van der Waals surface area contributed by atoms with E-state index in [1.165, 1.54) is 11.1 Å². The lowest BCUT2D eigenvalue weighted by molar-refractivity contribution is -0.119. The molecule has 0 radical (unpaired) electrons. The standard InChI is InChI=1S/C21H24N2O2S/c1-16-6-4-7-17(12-16)14-26-15-20(24)22-18-8-5-9-19(13-18)23-11-3-2-10-21(23)25/h4-9,12-13H,2-3,10-11,14-15H2,1H3,(H,22,24). The van der Waals surface area contributed by atoms with Crippen LogP contribution in [0.25, 0.3) is 0 Å². The summed E-state index contributed by atoms with van der Waals surface area (Å²) in [5.41, 5.74) is 4.06. The quantitative estimate of drug-likeness (QED) is 0.823. The smallest absolute Gasteiger partial charge is 0.234 e. The minimum atomic E-state index is -0.0234. The summed E-state index contributed by atoms with van der Waals surface area (Å²) in [5, 5.41) is 2.94. The van der Waals surface area contributed by atoms with E-state index in [0.29, 0.717) is 12.2 Å². The Bertz CT molecular complexity index is 791. The van der Waals surface area contributed by atoms with Crippen molar-refractivity contribution in [1.82, 2.24) is 0 Å². The number of rotatable bonds is 6. The summed E-state index contributed by atoms with van der Waals surface area (Å²) in [6.07, 6.45) is 2.59. The Morgan fingerprint density at radius 2 is 2.00 bits per heavy atom. The van der Waals surface area contributed by atoms with Crippen LogP contribution in [0.3, 0.4) is 0 Å². The van der Waals surface area contributed by atoms with Gasteiger partial charge in [-0.2, -0.15) is 0 Å². The van der Waals surface area contributed by atoms with Gasteiger partial charge in [0, 0.05) is 30.1 Å². The molecule has 1 aliphatic heterocycles. The lowest BCUT2D eigenvalue weighted by atomic mass is 10.1. The number of piperidine rings is 1. The number of nitrogens with one attached hydrogen (secondary N) is 1. The fraction of sp³-hybridized carbons (Fsp3) is 0.333. The fourth-order valence-electron chi connectivity index (χ4n) is 3.09. The molecule has 3 rings (SSSR count). The normalized spacial score (nSPS) is 14.3. The van der Waals surface area contributed by atoms with Gasteiger partial charge in [0.15, 0.2) is 0 Å². The lowest BCUT2D eigenvalue weighted by Crippen LogP contribution is -2.35. The highest BCUT2D eigenvalue weighted by Gasteiger charge is 2.19. The highest BCUT2D eigenvalue weighted by atomic mass is 32.2. The van der Waals surface area contributed by atoms with E-state index in [1.807, 2.05) is 35.2 Å². The average Bonchev–Trinajstić information content (AvgIpc) is 2.62. The zero-order chi connectivity index (χ0) is 18.4. The molecule has 2 aromatic carbocycles. The van der Waals surface area contributed by atoms with Gasteiger partial charge in [0.2, 0.25) is 11.8 Å². The van der Waals surface area contributed by atoms with Crippen LogP contribution in [0, 0.1) is 6.92 Å². The van der Waals surface area contributed by atoms with Crippen molar-refractivity contribution in [2.75, 3.05) is 22.5 Å². The number of amides is 2. The molecule has 0 saturated carbocycles. The molecule has 2 amide bonds. The monoisotopic (exact) mass is 368 g/mol. The number of carbonyl (C=O) groups is 2. The molecule has 136 valence electrons. The highest BCUT2D eigenvalue weighted by Crippen LogP contribution is 2.24. The van der Waals surface area contributed by atoms with Crippen LogP contribution < -0.4 is 10.2 Å². The predicted octanol–water partition coefficient (Wildman–Crippen LogP) is 4.38. The molecule has 1 saturated heterocycles. The zero-order valence-electron chi connectivity index (χ0n) is 15.0. The number of aryl methyl sites for hydroxylation is 1. The molecule has 0 unspecified atom stereocenters. The summed E-state index contributed by atoms with van der Waals surface area (Å²) in [6.45, 7) is 2.82. The SMILES string of the molecule is Cc1cccc(CSCC(=O)Nc2cccc(N3CCCCC3=O)c2)c1. The molecular formula is C21H24N2O2S. The first-order valence-corrected chi connectivity index (χ1v) is 10.1. The van der Waals surface area contributed by atoms with E-state index in [0.717, 1.165) is 36.5 Å². The molecule has 4 nitrogen and oxygen atoms in total. The van der Waals surface area contributed by atoms with Gasteiger partial charge in [-0.1, -0.05) is 35.9 Å². The van der Waals surface area contributed by atoms with Crippen LogP contribution in [-0.2, 0) is 15.3 Å². The van der Waals surface area contributed by atoms with Crippen molar-refractivity contribution in [3.63, 3.8) is 0 Å². The minimum absolute atomic E-state index is 0.0234. The topological polar surface area (TPSA) is 49.4 Å². The predicted molar refractivity (Wildman–Crippen MR) is 109 cm³/mol. The van der Waals surface area contributed by atoms with Crippen molar-refractivity contribution in [3.8, 4) is 0 Å². The Hall–Kier alpha value is -2.27. The number of nitrogens with zero attached hydrogens (tertiary/aromatic N) is 1. The van der Waals surface area contributed by atoms with Gasteiger partial charge >= 0.3 is 0 Å². The number of thioether (sulfide) groups is 1. The third-order valence-corrected chi connectivity index (χ3v) is 5.35. The molecule has 0 aliphatic carbocycles. The number of benzene rings is 2. The molecule has 26 heavy (non-hydrogen) atoms. The van der Waals surface area contributed by atoms with E-state index in [-0.39, 0.29) is 11.8 Å². The first-order chi connectivity index (χ1) is 12.6. The third-order valence-electron chi connectivity index (χ3n) is 4.35. The van der Waals surface area contributed by atoms with Crippen molar-refractivity contribution in [2.24, 2.45) is 0 Å². The van der Waals surface area contributed by atoms with Crippen molar-refractivity contribution in [3.05, 3.63) is 59.7 Å². The number of carbonyl (C=O) groups excluding carboxylic acids is 2. The van der Waals surface area contributed by atoms with E-state index in [1.54, 1.807) is 11.8 Å². The second-order valence-electron chi connectivity index (χ2n) is 6.58. The minimum Gasteiger partial charge on any atom is -0.325 e. The van der Waals surface area contributed by atoms with Crippen LogP contribution in [0.2, 0.25) is 0 Å². The molecular weight excluding hydrogens is 344 g/mol. The van der Waals surface area contributed by atoms with Gasteiger partial charge in [-0.3, -0.25) is 9.59 Å². The first kappa shape index (κ1) is 18.5. The second kappa shape index (κ2) is 8.90. The summed E-state index contributed by atoms with van der Waals surface area (Å²) in [5.74, 6) is 1.36. The fourth-order valence-corrected chi connectivity index (χ4v) is 3.87. The van der Waals surface area contributed by atoms with Crippen molar-refractivity contribution >= 4 is 35.0 Å². The maximum atomic E-state index is 12.2. The summed E-state index contributed by atoms with van der Waals surface area (Å²) in [4.78, 5) is 26.1. The van der Waals surface area contributed by atoms with E-state index >= 15 is 0 Å². The van der Waals surface area contributed by atoms with Gasteiger partial charge in [-0.05, 0) is 43.5 Å². The molecule has 1 N–H and O–H groups in total. The molecule has 1 aliphatic rings. The molecule has 0 aromatic heterocycles. The summed E-state index contributed by atoms with van der Waals surface area (Å²) in [7, 11) is 0. The highest BCUT2D eigenvalue weighted by molar-refractivity contribution is 7.99.